The molecule has 0 aliphatic rings. The van der Waals surface area contributed by atoms with E-state index in [2.05, 4.69) is 40.8 Å². The van der Waals surface area contributed by atoms with Crippen molar-refractivity contribution in [2.24, 2.45) is 5.92 Å². The van der Waals surface area contributed by atoms with E-state index in [1.807, 2.05) is 0 Å². The molecular weight excluding hydrogens is 331 g/mol. The van der Waals surface area contributed by atoms with Crippen LogP contribution >= 0.6 is 7.60 Å². The Morgan fingerprint density at radius 3 is 2.09 bits per heavy atom. The van der Waals surface area contributed by atoms with Crippen LogP contribution in [0.2, 0.25) is 18.1 Å². The number of Topliss-reactive ketones (excluding diaryl/α,β-unsaturated/α-hetero) is 1. The van der Waals surface area contributed by atoms with Crippen LogP contribution in [0, 0.1) is 5.92 Å². The average molecular weight is 367 g/mol. The standard InChI is InChI=1S/C16H35O5PSi/c1-14(11-12-21-23(7,8)16(2,3)4)9-10-15(17)13-22(18,19-5)20-6/h14H,9-13H2,1-8H3/t14-/m1/s1. The topological polar surface area (TPSA) is 61.8 Å². The largest absolute Gasteiger partial charge is 0.417 e. The number of hydrogen-bond acceptors (Lipinski definition) is 5. The van der Waals surface area contributed by atoms with E-state index < -0.39 is 15.9 Å². The molecule has 23 heavy (non-hydrogen) atoms. The van der Waals surface area contributed by atoms with Crippen molar-refractivity contribution >= 4 is 21.7 Å². The van der Waals surface area contributed by atoms with E-state index in [1.54, 1.807) is 0 Å². The third-order valence-electron chi connectivity index (χ3n) is 4.72. The Bertz CT molecular complexity index is 409. The number of hydrogen-bond donors (Lipinski definition) is 0. The third-order valence-corrected chi connectivity index (χ3v) is 11.1. The fraction of sp³-hybridized carbons (Fsp3) is 0.938. The first-order valence-electron chi connectivity index (χ1n) is 8.23. The lowest BCUT2D eigenvalue weighted by atomic mass is 10.0. The lowest BCUT2D eigenvalue weighted by Crippen LogP contribution is -2.41. The summed E-state index contributed by atoms with van der Waals surface area (Å²) >= 11 is 0. The smallest absolute Gasteiger partial charge is 0.337 e. The number of rotatable bonds is 11. The van der Waals surface area contributed by atoms with Crippen LogP contribution in [-0.4, -0.2) is 41.1 Å². The Balaban J connectivity index is 4.12. The molecule has 0 aliphatic carbocycles. The number of carbonyl (C=O) groups excluding carboxylic acids is 1. The molecule has 0 saturated heterocycles. The molecule has 5 nitrogen and oxygen atoms in total. The Labute approximate surface area is 143 Å². The van der Waals surface area contributed by atoms with Gasteiger partial charge >= 0.3 is 7.60 Å². The minimum Gasteiger partial charge on any atom is -0.417 e. The molecule has 0 aromatic carbocycles. The SMILES string of the molecule is COP(=O)(CC(=O)CC[C@@H](C)CCO[Si](C)(C)C(C)(C)C)OC. The summed E-state index contributed by atoms with van der Waals surface area (Å²) in [5.74, 6) is 0.322. The Kier molecular flexibility index (Phi) is 9.47. The van der Waals surface area contributed by atoms with Crippen molar-refractivity contribution in [2.75, 3.05) is 27.0 Å². The van der Waals surface area contributed by atoms with Crippen LogP contribution in [0.4, 0.5) is 0 Å². The fourth-order valence-electron chi connectivity index (χ4n) is 1.78. The molecule has 0 unspecified atom stereocenters. The lowest BCUT2D eigenvalue weighted by molar-refractivity contribution is -0.117. The van der Waals surface area contributed by atoms with Gasteiger partial charge in [-0.15, -0.1) is 0 Å². The van der Waals surface area contributed by atoms with E-state index >= 15 is 0 Å². The first-order valence-corrected chi connectivity index (χ1v) is 12.9. The predicted molar refractivity (Wildman–Crippen MR) is 97.7 cm³/mol. The number of carbonyl (C=O) groups is 1. The molecule has 0 aromatic heterocycles. The van der Waals surface area contributed by atoms with E-state index in [0.29, 0.717) is 12.3 Å². The van der Waals surface area contributed by atoms with E-state index in [1.165, 1.54) is 14.2 Å². The van der Waals surface area contributed by atoms with Crippen LogP contribution in [0.25, 0.3) is 0 Å². The highest BCUT2D eigenvalue weighted by molar-refractivity contribution is 7.54. The molecule has 0 aliphatic heterocycles. The van der Waals surface area contributed by atoms with E-state index in [9.17, 15) is 9.36 Å². The summed E-state index contributed by atoms with van der Waals surface area (Å²) in [6.45, 7) is 14.0. The minimum absolute atomic E-state index is 0.0748. The maximum absolute atomic E-state index is 11.9. The molecule has 0 amide bonds. The zero-order valence-electron chi connectivity index (χ0n) is 16.1. The summed E-state index contributed by atoms with van der Waals surface area (Å²) in [4.78, 5) is 11.9. The first-order chi connectivity index (χ1) is 10.4. The van der Waals surface area contributed by atoms with Crippen molar-refractivity contribution < 1.29 is 22.8 Å². The van der Waals surface area contributed by atoms with Gasteiger partial charge in [0.15, 0.2) is 8.32 Å². The summed E-state index contributed by atoms with van der Waals surface area (Å²) in [7, 11) is -2.31. The van der Waals surface area contributed by atoms with Gasteiger partial charge in [-0.05, 0) is 36.9 Å². The molecule has 0 radical (unpaired) electrons. The highest BCUT2D eigenvalue weighted by Gasteiger charge is 2.36. The van der Waals surface area contributed by atoms with Gasteiger partial charge in [0.1, 0.15) is 11.9 Å². The molecule has 1 atom stereocenters. The molecule has 0 rings (SSSR count). The zero-order valence-corrected chi connectivity index (χ0v) is 18.0. The molecule has 0 saturated carbocycles. The second-order valence-electron chi connectivity index (χ2n) is 7.71. The molecule has 138 valence electrons. The van der Waals surface area contributed by atoms with Crippen molar-refractivity contribution in [3.8, 4) is 0 Å². The van der Waals surface area contributed by atoms with Gasteiger partial charge in [0.05, 0.1) is 0 Å². The average Bonchev–Trinajstić information content (AvgIpc) is 2.43. The molecule has 0 heterocycles. The third kappa shape index (κ3) is 8.59. The lowest BCUT2D eigenvalue weighted by Gasteiger charge is -2.36. The Morgan fingerprint density at radius 1 is 1.13 bits per heavy atom. The van der Waals surface area contributed by atoms with Crippen LogP contribution < -0.4 is 0 Å². The van der Waals surface area contributed by atoms with Crippen molar-refractivity contribution in [1.29, 1.82) is 0 Å². The van der Waals surface area contributed by atoms with E-state index in [4.69, 9.17) is 13.5 Å². The van der Waals surface area contributed by atoms with Gasteiger partial charge in [-0.2, -0.15) is 0 Å². The Hall–Kier alpha value is -0.00312. The summed E-state index contributed by atoms with van der Waals surface area (Å²) in [5.41, 5.74) is 0. The molecule has 0 N–H and O–H groups in total. The monoisotopic (exact) mass is 366 g/mol. The van der Waals surface area contributed by atoms with Crippen LogP contribution in [0.15, 0.2) is 0 Å². The molecule has 0 aromatic rings. The maximum Gasteiger partial charge on any atom is 0.337 e. The van der Waals surface area contributed by atoms with Gasteiger partial charge in [0, 0.05) is 27.2 Å². The van der Waals surface area contributed by atoms with Gasteiger partial charge < -0.3 is 13.5 Å². The molecule has 0 bridgehead atoms. The van der Waals surface area contributed by atoms with Crippen molar-refractivity contribution in [1.82, 2.24) is 0 Å². The number of ketones is 1. The predicted octanol–water partition coefficient (Wildman–Crippen LogP) is 4.87. The molecular formula is C16H35O5PSi. The van der Waals surface area contributed by atoms with Crippen molar-refractivity contribution in [3.63, 3.8) is 0 Å². The second-order valence-corrected chi connectivity index (χ2v) is 14.8. The molecule has 0 spiro atoms. The van der Waals surface area contributed by atoms with Gasteiger partial charge in [-0.25, -0.2) is 0 Å². The quantitative estimate of drug-likeness (QED) is 0.386. The van der Waals surface area contributed by atoms with Gasteiger partial charge in [-0.3, -0.25) is 9.36 Å². The summed E-state index contributed by atoms with van der Waals surface area (Å²) in [5, 5.41) is 0.216. The maximum atomic E-state index is 11.9. The van der Waals surface area contributed by atoms with Crippen LogP contribution in [0.3, 0.4) is 0 Å². The van der Waals surface area contributed by atoms with Crippen LogP contribution in [0.1, 0.15) is 47.0 Å². The van der Waals surface area contributed by atoms with Gasteiger partial charge in [0.2, 0.25) is 0 Å². The van der Waals surface area contributed by atoms with Gasteiger partial charge in [-0.1, -0.05) is 27.7 Å². The van der Waals surface area contributed by atoms with Crippen molar-refractivity contribution in [2.45, 2.75) is 65.1 Å². The normalized spacial score (nSPS) is 14.8. The van der Waals surface area contributed by atoms with E-state index in [-0.39, 0.29) is 17.0 Å². The van der Waals surface area contributed by atoms with E-state index in [0.717, 1.165) is 19.4 Å². The summed E-state index contributed by atoms with van der Waals surface area (Å²) in [6, 6.07) is 0. The Morgan fingerprint density at radius 2 is 1.65 bits per heavy atom. The molecule has 0 fully saturated rings. The zero-order chi connectivity index (χ0) is 18.3. The highest BCUT2D eigenvalue weighted by Crippen LogP contribution is 2.46. The van der Waals surface area contributed by atoms with Crippen LogP contribution in [0.5, 0.6) is 0 Å². The minimum atomic E-state index is -3.23. The van der Waals surface area contributed by atoms with Crippen LogP contribution in [-0.2, 0) is 22.8 Å². The molecule has 7 heteroatoms. The fourth-order valence-corrected chi connectivity index (χ4v) is 3.84. The summed E-state index contributed by atoms with van der Waals surface area (Å²) < 4.78 is 27.6. The van der Waals surface area contributed by atoms with Gasteiger partial charge in [0.25, 0.3) is 0 Å². The first kappa shape index (κ1) is 23.0. The highest BCUT2D eigenvalue weighted by atomic mass is 31.2. The summed E-state index contributed by atoms with van der Waals surface area (Å²) in [6.07, 6.45) is 1.96. The second kappa shape index (κ2) is 9.47. The van der Waals surface area contributed by atoms with Crippen molar-refractivity contribution in [3.05, 3.63) is 0 Å².